The molecule has 9 heterocycles. The fourth-order valence-corrected chi connectivity index (χ4v) is 18.6. The third-order valence-electron chi connectivity index (χ3n) is 26.1. The lowest BCUT2D eigenvalue weighted by molar-refractivity contribution is -0.385. The highest BCUT2D eigenvalue weighted by atomic mass is 16.8. The minimum absolute atomic E-state index is 0.0125. The maximum Gasteiger partial charge on any atom is 0.364 e. The number of nitrogens with one attached hydrogen (secondary N) is 9. The van der Waals surface area contributed by atoms with E-state index in [4.69, 9.17) is 62.6 Å². The van der Waals surface area contributed by atoms with Crippen LogP contribution in [-0.4, -0.2) is 522 Å². The molecular formula is C84H135N13O47. The molecular weight excluding hydrogens is 1940 g/mol. The Balaban J connectivity index is 1.09. The molecule has 31 N–H and O–H groups in total. The van der Waals surface area contributed by atoms with Crippen molar-refractivity contribution < 1.29 is 231 Å². The van der Waals surface area contributed by atoms with Gasteiger partial charge in [0.05, 0.1) is 83.2 Å². The van der Waals surface area contributed by atoms with Gasteiger partial charge in [0.2, 0.25) is 76.8 Å². The highest BCUT2D eigenvalue weighted by Gasteiger charge is 2.64. The van der Waals surface area contributed by atoms with Crippen LogP contribution in [0.4, 0.5) is 0 Å². The molecule has 0 aromatic rings. The van der Waals surface area contributed by atoms with Crippen molar-refractivity contribution in [2.45, 2.75) is 357 Å². The monoisotopic (exact) mass is 2080 g/mol. The zero-order valence-corrected chi connectivity index (χ0v) is 79.8. The Kier molecular flexibility index (Phi) is 42.5. The number of aliphatic hydroxyl groups excluding tert-OH is 18. The Bertz CT molecular complexity index is 4450. The second-order valence-electron chi connectivity index (χ2n) is 37.0. The summed E-state index contributed by atoms with van der Waals surface area (Å²) < 4.78 is 72.4. The van der Waals surface area contributed by atoms with Gasteiger partial charge in [-0.25, -0.2) is 9.59 Å². The van der Waals surface area contributed by atoms with Crippen LogP contribution >= 0.6 is 0 Å². The molecule has 18 unspecified atom stereocenters. The third kappa shape index (κ3) is 27.7. The Morgan fingerprint density at radius 2 is 0.875 bits per heavy atom. The summed E-state index contributed by atoms with van der Waals surface area (Å²) in [6.07, 6.45) is -64.3. The molecule has 0 aromatic heterocycles. The number of ether oxygens (including phenoxy) is 12. The van der Waals surface area contributed by atoms with Crippen LogP contribution in [0.1, 0.15) is 114 Å². The van der Waals surface area contributed by atoms with Crippen molar-refractivity contribution in [3.63, 3.8) is 0 Å². The van der Waals surface area contributed by atoms with Gasteiger partial charge in [0.25, 0.3) is 11.6 Å². The quantitative estimate of drug-likeness (QED) is 0.0269. The molecule has 9 aliphatic heterocycles. The number of carbonyl (C=O) groups is 15. The number of amides is 13. The molecule has 144 heavy (non-hydrogen) atoms. The summed E-state index contributed by atoms with van der Waals surface area (Å²) in [7, 11) is 0. The lowest BCUT2D eigenvalue weighted by Gasteiger charge is -2.51. The molecule has 9 rings (SSSR count). The van der Waals surface area contributed by atoms with Crippen molar-refractivity contribution in [2.75, 3.05) is 72.4 Å². The molecule has 60 nitrogen and oxygen atoms in total. The summed E-state index contributed by atoms with van der Waals surface area (Å²) in [5.74, 6) is -24.3. The van der Waals surface area contributed by atoms with E-state index in [2.05, 4.69) is 47.9 Å². The second kappa shape index (κ2) is 51.7. The number of rotatable bonds is 44. The van der Waals surface area contributed by atoms with Crippen molar-refractivity contribution in [2.24, 2.45) is 11.7 Å². The maximum atomic E-state index is 15.5. The molecule has 40 atom stereocenters. The van der Waals surface area contributed by atoms with Gasteiger partial charge in [0, 0.05) is 66.1 Å². The first-order valence-corrected chi connectivity index (χ1v) is 46.7. The zero-order valence-electron chi connectivity index (χ0n) is 79.8. The smallest absolute Gasteiger partial charge is 0.364 e. The minimum Gasteiger partial charge on any atom is -0.477 e. The largest absolute Gasteiger partial charge is 0.477 e. The van der Waals surface area contributed by atoms with Crippen molar-refractivity contribution >= 4 is 88.7 Å². The summed E-state index contributed by atoms with van der Waals surface area (Å²) in [6, 6.07) is -18.8. The normalized spacial score (nSPS) is 35.9. The average molecular weight is 2080 g/mol. The van der Waals surface area contributed by atoms with Crippen LogP contribution in [0.5, 0.6) is 0 Å². The molecule has 9 aliphatic rings. The fraction of sp³-hybridized carbons (Fsp3) is 0.821. The van der Waals surface area contributed by atoms with E-state index in [1.807, 2.05) is 0 Å². The summed E-state index contributed by atoms with van der Waals surface area (Å²) in [5.41, 5.74) is 5.40. The molecule has 0 saturated carbocycles. The summed E-state index contributed by atoms with van der Waals surface area (Å²) in [5, 5.41) is 246. The number of carbonyl (C=O) groups excluding carboxylic acids is 13. The van der Waals surface area contributed by atoms with E-state index in [-0.39, 0.29) is 51.2 Å². The van der Waals surface area contributed by atoms with E-state index in [9.17, 15) is 169 Å². The van der Waals surface area contributed by atoms with E-state index in [1.54, 1.807) is 13.8 Å². The first-order chi connectivity index (χ1) is 67.7. The number of carboxylic acids is 2. The molecule has 818 valence electrons. The van der Waals surface area contributed by atoms with E-state index in [1.165, 1.54) is 16.7 Å². The molecule has 9 fully saturated rings. The number of aliphatic carboxylic acids is 2. The number of primary amides is 1. The molecule has 60 heteroatoms. The van der Waals surface area contributed by atoms with Crippen molar-refractivity contribution in [1.29, 1.82) is 0 Å². The van der Waals surface area contributed by atoms with Gasteiger partial charge in [-0.2, -0.15) is 0 Å². The first-order valence-electron chi connectivity index (χ1n) is 46.7. The molecule has 13 amide bonds. The highest BCUT2D eigenvalue weighted by molar-refractivity contribution is 5.98. The van der Waals surface area contributed by atoms with Gasteiger partial charge in [-0.05, 0) is 59.3 Å². The van der Waals surface area contributed by atoms with Gasteiger partial charge in [-0.1, -0.05) is 13.8 Å². The summed E-state index contributed by atoms with van der Waals surface area (Å²) in [4.78, 5) is 208. The van der Waals surface area contributed by atoms with Gasteiger partial charge < -0.3 is 227 Å². The van der Waals surface area contributed by atoms with Gasteiger partial charge in [-0.15, -0.1) is 0 Å². The lowest BCUT2D eigenvalue weighted by atomic mass is 9.88. The lowest BCUT2D eigenvalue weighted by Crippen LogP contribution is -2.71. The molecule has 0 radical (unpaired) electrons. The highest BCUT2D eigenvalue weighted by Crippen LogP contribution is 2.43. The third-order valence-corrected chi connectivity index (χ3v) is 26.1. The molecule has 0 spiro atoms. The molecule has 0 aliphatic carbocycles. The summed E-state index contributed by atoms with van der Waals surface area (Å²) >= 11 is 0. The van der Waals surface area contributed by atoms with Crippen LogP contribution in [0.2, 0.25) is 0 Å². The number of nitrogens with two attached hydrogens (primary N) is 1. The van der Waals surface area contributed by atoms with Crippen LogP contribution in [-0.2, 0) is 129 Å². The number of hydrogen-bond acceptors (Lipinski definition) is 45. The Hall–Kier alpha value is -9.15. The number of aliphatic hydroxyl groups is 18. The Morgan fingerprint density at radius 3 is 1.33 bits per heavy atom. The predicted octanol–water partition coefficient (Wildman–Crippen LogP) is -18.5. The van der Waals surface area contributed by atoms with Crippen LogP contribution in [0.3, 0.4) is 0 Å². The van der Waals surface area contributed by atoms with Crippen molar-refractivity contribution in [3.8, 4) is 0 Å². The molecule has 0 bridgehead atoms. The van der Waals surface area contributed by atoms with E-state index in [0.29, 0.717) is 12.8 Å². The Labute approximate surface area is 820 Å². The number of nitrogens with zero attached hydrogens (tertiary/aromatic N) is 3. The topological polar surface area (TPSA) is 915 Å². The standard InChI is InChI=1S/C84H135N13O47/c1-29(2)74(126)95-16-10-13-38(95)71(123)86-21-49(112)93-37(22-98)70(122)94-50(73(125)88-31(4)75(127)97-18-12-15-40(97)76(128)96-17-11-14-39(96)72(124)87-30(3)69(85)121)32(5)134-78-54(92-36(9)107)64(140-80-62(120)68(58(116)46(26-102)136-80)144-84(82(131)132)20-42(109)52(90-34(7)105)66(142-84)56(114)44(111)24-100)59(117)48(138-78)28-133-77-53(91-35(8)106)60(118)63(47(27-103)137-77)139-79-61(119)67(57(115)45(25-101)135-79)143-83(81(129)130)19-41(108)51(89-33(6)104)65(141-83)55(113)43(110)23-99/h29-32,37-48,50-68,77-80,98-103,108-111,113-120H,10-28H2,1-9H3,(H2,85,121)(H,86,123)(H,87,124)(H,88,125)(H,89,104)(H,90,105)(H,91,106)(H,92,107)(H,93,112)(H,94,122)(H,129,130)(H,131,132)/t30?,31?,32?,37?,38?,39?,40?,41-,42-,43-,44-,45?,46?,47?,48?,50?,51-,52-,53?,54?,55-,56-,57+,58+,59+,60-,61?,62?,63-,64-,65?,66?,67+,68+,77-,78+,79+,80+,83+,84+/m1/s1. The second-order valence-corrected chi connectivity index (χ2v) is 37.0. The van der Waals surface area contributed by atoms with Gasteiger partial charge in [0.15, 0.2) is 25.2 Å². The minimum atomic E-state index is -3.45. The van der Waals surface area contributed by atoms with Gasteiger partial charge in [-0.3, -0.25) is 62.3 Å². The van der Waals surface area contributed by atoms with Crippen LogP contribution in [0, 0.1) is 5.92 Å². The van der Waals surface area contributed by atoms with E-state index in [0.717, 1.165) is 46.4 Å². The predicted molar refractivity (Wildman–Crippen MR) is 466 cm³/mol. The van der Waals surface area contributed by atoms with E-state index >= 15 is 4.79 Å². The van der Waals surface area contributed by atoms with Crippen LogP contribution in [0.15, 0.2) is 0 Å². The van der Waals surface area contributed by atoms with E-state index < -0.39 is 398 Å². The molecule has 0 aromatic carbocycles. The summed E-state index contributed by atoms with van der Waals surface area (Å²) in [6.45, 7) is 0.428. The average Bonchev–Trinajstić information content (AvgIpc) is 1.24. The van der Waals surface area contributed by atoms with Crippen LogP contribution in [0.25, 0.3) is 0 Å². The SMILES string of the molecule is CC(=O)NC1[C@H](OCC2O[C@H](OC(C)C(NC(=O)C(CO)NC(=O)CNC(=O)C3CCCN3C(=O)C(C)C)C(=O)NC(C)C(=O)N3CCCC3C(=O)N3CCCC3C(=O)NC(C)C(N)=O)C(NC(C)=O)[C@@H](O[C@@H]3OC(CO)[C@H](O)[C@H](O[C@]4(C(=O)O)C[C@@H](O)[C@@H](NC(C)=O)C([C@H](O)[C@H](O)CO)O4)C3O)[C@H]2O)OC(CO)[C@@H](O[C@@H]2OC(CO)[C@H](O)[C@H](O[C@]3(C(=O)O)C[C@@H](O)[C@@H](NC(C)=O)C([C@H](O)[C@H](O)CO)O3)C2O)[C@@H]1O. The maximum absolute atomic E-state index is 15.5. The number of carboxylic acid groups (broad SMARTS) is 2. The fourth-order valence-electron chi connectivity index (χ4n) is 18.6. The number of likely N-dealkylation sites (tertiary alicyclic amines) is 3. The van der Waals surface area contributed by atoms with Crippen LogP contribution < -0.4 is 53.6 Å². The molecule has 9 saturated heterocycles. The van der Waals surface area contributed by atoms with Crippen molar-refractivity contribution in [3.05, 3.63) is 0 Å². The van der Waals surface area contributed by atoms with Gasteiger partial charge >= 0.3 is 11.9 Å². The van der Waals surface area contributed by atoms with Gasteiger partial charge in [0.1, 0.15) is 176 Å². The first kappa shape index (κ1) is 118. The Morgan fingerprint density at radius 1 is 0.444 bits per heavy atom. The number of hydrogen-bond donors (Lipinski definition) is 30. The van der Waals surface area contributed by atoms with Crippen molar-refractivity contribution in [1.82, 2.24) is 62.6 Å². The zero-order chi connectivity index (χ0) is 107.